The molecule has 0 fully saturated rings. The van der Waals surface area contributed by atoms with Crippen LogP contribution in [0.2, 0.25) is 5.02 Å². The summed E-state index contributed by atoms with van der Waals surface area (Å²) in [4.78, 5) is 4.20. The first-order valence-corrected chi connectivity index (χ1v) is 7.25. The zero-order valence-electron chi connectivity index (χ0n) is 10.7. The topological polar surface area (TPSA) is 62.7 Å². The molecule has 3 aromatic rings. The van der Waals surface area contributed by atoms with Crippen molar-refractivity contribution in [3.8, 4) is 0 Å². The van der Waals surface area contributed by atoms with Crippen LogP contribution in [0.25, 0.3) is 11.0 Å². The lowest BCUT2D eigenvalue weighted by Crippen LogP contribution is -1.99. The van der Waals surface area contributed by atoms with Crippen LogP contribution in [0.4, 0.5) is 17.1 Å². The first-order chi connectivity index (χ1) is 9.78. The fourth-order valence-corrected chi connectivity index (χ4v) is 2.64. The molecule has 2 aromatic heterocycles. The van der Waals surface area contributed by atoms with Crippen LogP contribution in [0.1, 0.15) is 6.92 Å². The molecule has 0 aliphatic carbocycles. The van der Waals surface area contributed by atoms with Crippen molar-refractivity contribution in [1.29, 1.82) is 0 Å². The van der Waals surface area contributed by atoms with Gasteiger partial charge in [0.15, 0.2) is 0 Å². The molecule has 0 spiro atoms. The fourth-order valence-electron chi connectivity index (χ4n) is 1.90. The summed E-state index contributed by atoms with van der Waals surface area (Å²) >= 11 is 7.42. The second kappa shape index (κ2) is 5.60. The molecule has 20 heavy (non-hydrogen) atoms. The predicted molar refractivity (Wildman–Crippen MR) is 84.1 cm³/mol. The molecule has 0 bridgehead atoms. The molecule has 0 aliphatic rings. The quantitative estimate of drug-likeness (QED) is 0.765. The molecule has 0 saturated carbocycles. The molecule has 5 nitrogen and oxygen atoms in total. The van der Waals surface area contributed by atoms with E-state index in [1.165, 1.54) is 11.7 Å². The van der Waals surface area contributed by atoms with E-state index in [1.54, 1.807) is 12.4 Å². The van der Waals surface area contributed by atoms with E-state index in [9.17, 15) is 0 Å². The zero-order chi connectivity index (χ0) is 13.9. The third kappa shape index (κ3) is 2.52. The van der Waals surface area contributed by atoms with Crippen molar-refractivity contribution in [2.75, 3.05) is 17.2 Å². The number of hydrogen-bond donors (Lipinski definition) is 2. The molecule has 0 aliphatic heterocycles. The number of nitrogens with one attached hydrogen (secondary N) is 2. The normalized spacial score (nSPS) is 10.7. The van der Waals surface area contributed by atoms with Crippen LogP contribution in [0.5, 0.6) is 0 Å². The van der Waals surface area contributed by atoms with Gasteiger partial charge in [0.05, 0.1) is 46.2 Å². The molecule has 2 heterocycles. The third-order valence-electron chi connectivity index (χ3n) is 2.77. The van der Waals surface area contributed by atoms with Gasteiger partial charge in [0.2, 0.25) is 0 Å². The molecule has 0 saturated heterocycles. The van der Waals surface area contributed by atoms with Crippen LogP contribution < -0.4 is 10.6 Å². The van der Waals surface area contributed by atoms with Crippen molar-refractivity contribution < 1.29 is 0 Å². The van der Waals surface area contributed by atoms with Gasteiger partial charge in [0.1, 0.15) is 11.0 Å². The highest BCUT2D eigenvalue weighted by molar-refractivity contribution is 7.00. The lowest BCUT2D eigenvalue weighted by atomic mass is 10.2. The second-order valence-corrected chi connectivity index (χ2v) is 5.11. The van der Waals surface area contributed by atoms with Gasteiger partial charge < -0.3 is 10.6 Å². The molecule has 102 valence electrons. The highest BCUT2D eigenvalue weighted by Crippen LogP contribution is 2.32. The van der Waals surface area contributed by atoms with E-state index in [1.807, 2.05) is 25.1 Å². The highest BCUT2D eigenvalue weighted by atomic mass is 35.5. The summed E-state index contributed by atoms with van der Waals surface area (Å²) in [6.07, 6.45) is 3.52. The molecular formula is C13H12ClN5S. The zero-order valence-corrected chi connectivity index (χ0v) is 12.3. The summed E-state index contributed by atoms with van der Waals surface area (Å²) in [5.41, 5.74) is 4.17. The maximum atomic E-state index is 6.25. The lowest BCUT2D eigenvalue weighted by molar-refractivity contribution is 1.19. The van der Waals surface area contributed by atoms with E-state index in [4.69, 9.17) is 11.6 Å². The van der Waals surface area contributed by atoms with Gasteiger partial charge in [-0.25, -0.2) is 0 Å². The van der Waals surface area contributed by atoms with Crippen molar-refractivity contribution >= 4 is 51.4 Å². The standard InChI is InChI=1S/C13H12ClN5S/c1-2-16-8-5-9(7-15-6-8)17-12-10(14)3-4-11-13(12)19-20-18-11/h3-7,16-17H,2H2,1H3. The lowest BCUT2D eigenvalue weighted by Gasteiger charge is -2.10. The summed E-state index contributed by atoms with van der Waals surface area (Å²) in [5.74, 6) is 0. The first kappa shape index (κ1) is 13.1. The third-order valence-corrected chi connectivity index (χ3v) is 3.62. The number of anilines is 3. The largest absolute Gasteiger partial charge is 0.384 e. The molecular weight excluding hydrogens is 294 g/mol. The van der Waals surface area contributed by atoms with E-state index in [0.29, 0.717) is 5.02 Å². The number of halogens is 1. The van der Waals surface area contributed by atoms with Crippen LogP contribution in [0, 0.1) is 0 Å². The monoisotopic (exact) mass is 305 g/mol. The fraction of sp³-hybridized carbons (Fsp3) is 0.154. The molecule has 3 rings (SSSR count). The van der Waals surface area contributed by atoms with Crippen LogP contribution in [-0.4, -0.2) is 20.3 Å². The van der Waals surface area contributed by atoms with Gasteiger partial charge in [-0.3, -0.25) is 4.98 Å². The minimum atomic E-state index is 0.610. The minimum Gasteiger partial charge on any atom is -0.384 e. The number of rotatable bonds is 4. The number of hydrogen-bond acceptors (Lipinski definition) is 6. The number of pyridine rings is 1. The maximum absolute atomic E-state index is 6.25. The van der Waals surface area contributed by atoms with Gasteiger partial charge in [-0.1, -0.05) is 11.6 Å². The molecule has 7 heteroatoms. The number of nitrogens with zero attached hydrogens (tertiary/aromatic N) is 3. The van der Waals surface area contributed by atoms with E-state index in [0.717, 1.165) is 34.6 Å². The minimum absolute atomic E-state index is 0.610. The van der Waals surface area contributed by atoms with Crippen molar-refractivity contribution in [1.82, 2.24) is 13.7 Å². The Bertz CT molecular complexity index is 742. The SMILES string of the molecule is CCNc1cncc(Nc2c(Cl)ccc3nsnc23)c1. The summed E-state index contributed by atoms with van der Waals surface area (Å²) in [5, 5.41) is 7.10. The highest BCUT2D eigenvalue weighted by Gasteiger charge is 2.10. The van der Waals surface area contributed by atoms with Crippen molar-refractivity contribution in [2.45, 2.75) is 6.92 Å². The summed E-state index contributed by atoms with van der Waals surface area (Å²) in [6.45, 7) is 2.89. The molecule has 2 N–H and O–H groups in total. The van der Waals surface area contributed by atoms with Crippen molar-refractivity contribution in [2.24, 2.45) is 0 Å². The Morgan fingerprint density at radius 1 is 1.20 bits per heavy atom. The van der Waals surface area contributed by atoms with Gasteiger partial charge in [-0.15, -0.1) is 0 Å². The van der Waals surface area contributed by atoms with Crippen LogP contribution in [0.15, 0.2) is 30.6 Å². The van der Waals surface area contributed by atoms with E-state index in [-0.39, 0.29) is 0 Å². The Morgan fingerprint density at radius 3 is 2.90 bits per heavy atom. The van der Waals surface area contributed by atoms with E-state index in [2.05, 4.69) is 24.4 Å². The number of fused-ring (bicyclic) bond motifs is 1. The van der Waals surface area contributed by atoms with Gasteiger partial charge in [0.25, 0.3) is 0 Å². The Morgan fingerprint density at radius 2 is 2.05 bits per heavy atom. The van der Waals surface area contributed by atoms with Crippen molar-refractivity contribution in [3.05, 3.63) is 35.6 Å². The predicted octanol–water partition coefficient (Wildman–Crippen LogP) is 3.92. The summed E-state index contributed by atoms with van der Waals surface area (Å²) in [7, 11) is 0. The first-order valence-electron chi connectivity index (χ1n) is 6.14. The van der Waals surface area contributed by atoms with Gasteiger partial charge in [-0.2, -0.15) is 8.75 Å². The smallest absolute Gasteiger partial charge is 0.129 e. The molecule has 1 aromatic carbocycles. The summed E-state index contributed by atoms with van der Waals surface area (Å²) < 4.78 is 8.50. The average Bonchev–Trinajstić information content (AvgIpc) is 2.91. The molecule has 0 radical (unpaired) electrons. The van der Waals surface area contributed by atoms with Crippen LogP contribution >= 0.6 is 23.3 Å². The van der Waals surface area contributed by atoms with Gasteiger partial charge in [0, 0.05) is 6.54 Å². The van der Waals surface area contributed by atoms with Gasteiger partial charge in [-0.05, 0) is 25.1 Å². The Labute approximate surface area is 125 Å². The molecule has 0 atom stereocenters. The maximum Gasteiger partial charge on any atom is 0.129 e. The number of benzene rings is 1. The van der Waals surface area contributed by atoms with Crippen LogP contribution in [0.3, 0.4) is 0 Å². The van der Waals surface area contributed by atoms with E-state index < -0.39 is 0 Å². The molecule has 0 unspecified atom stereocenters. The van der Waals surface area contributed by atoms with Crippen LogP contribution in [-0.2, 0) is 0 Å². The Balaban J connectivity index is 1.98. The average molecular weight is 306 g/mol. The van der Waals surface area contributed by atoms with E-state index >= 15 is 0 Å². The Hall–Kier alpha value is -1.92. The van der Waals surface area contributed by atoms with Crippen molar-refractivity contribution in [3.63, 3.8) is 0 Å². The number of aromatic nitrogens is 3. The van der Waals surface area contributed by atoms with Gasteiger partial charge >= 0.3 is 0 Å². The summed E-state index contributed by atoms with van der Waals surface area (Å²) in [6, 6.07) is 5.65. The second-order valence-electron chi connectivity index (χ2n) is 4.17. The molecule has 0 amide bonds. The Kier molecular flexibility index (Phi) is 3.66.